The van der Waals surface area contributed by atoms with E-state index >= 15 is 0 Å². The van der Waals surface area contributed by atoms with Crippen LogP contribution in [0.4, 0.5) is 5.69 Å². The lowest BCUT2D eigenvalue weighted by Gasteiger charge is -2.19. The Morgan fingerprint density at radius 1 is 1.13 bits per heavy atom. The number of furan rings is 1. The van der Waals surface area contributed by atoms with Crippen molar-refractivity contribution in [3.05, 3.63) is 82.7 Å². The molecular weight excluding hydrogens is 386 g/mol. The van der Waals surface area contributed by atoms with E-state index in [2.05, 4.69) is 5.32 Å². The van der Waals surface area contributed by atoms with Gasteiger partial charge in [0.25, 0.3) is 11.5 Å². The summed E-state index contributed by atoms with van der Waals surface area (Å²) in [7, 11) is 1.55. The first-order valence-electron chi connectivity index (χ1n) is 9.47. The summed E-state index contributed by atoms with van der Waals surface area (Å²) in [6.45, 7) is 2.21. The highest BCUT2D eigenvalue weighted by Crippen LogP contribution is 2.17. The highest BCUT2D eigenvalue weighted by atomic mass is 16.5. The monoisotopic (exact) mass is 409 g/mol. The number of nitrogens with zero attached hydrogens (tertiary/aromatic N) is 2. The molecule has 3 rings (SSSR count). The van der Waals surface area contributed by atoms with Crippen molar-refractivity contribution in [3.8, 4) is 5.75 Å². The molecule has 0 spiro atoms. The van der Waals surface area contributed by atoms with E-state index in [0.29, 0.717) is 23.7 Å². The third-order valence-corrected chi connectivity index (χ3v) is 4.45. The third kappa shape index (κ3) is 5.16. The van der Waals surface area contributed by atoms with Crippen molar-refractivity contribution in [1.29, 1.82) is 0 Å². The number of carbonyl (C=O) groups excluding carboxylic acids is 2. The van der Waals surface area contributed by atoms with Gasteiger partial charge in [-0.25, -0.2) is 0 Å². The zero-order chi connectivity index (χ0) is 21.5. The largest absolute Gasteiger partial charge is 0.497 e. The molecule has 156 valence electrons. The molecule has 0 fully saturated rings. The number of ether oxygens (including phenoxy) is 1. The molecule has 0 saturated heterocycles. The molecule has 2 heterocycles. The molecule has 0 aliphatic heterocycles. The summed E-state index contributed by atoms with van der Waals surface area (Å²) in [5.41, 5.74) is 0.419. The molecular formula is C22H23N3O5. The topological polar surface area (TPSA) is 93.8 Å². The van der Waals surface area contributed by atoms with Crippen LogP contribution in [-0.4, -0.2) is 41.5 Å². The van der Waals surface area contributed by atoms with E-state index in [-0.39, 0.29) is 30.3 Å². The van der Waals surface area contributed by atoms with E-state index in [9.17, 15) is 14.4 Å². The number of hydrogen-bond acceptors (Lipinski definition) is 5. The molecule has 3 aromatic rings. The van der Waals surface area contributed by atoms with Crippen molar-refractivity contribution in [1.82, 2.24) is 9.47 Å². The van der Waals surface area contributed by atoms with Gasteiger partial charge in [0, 0.05) is 30.6 Å². The van der Waals surface area contributed by atoms with Gasteiger partial charge in [0.2, 0.25) is 5.91 Å². The second-order valence-electron chi connectivity index (χ2n) is 6.53. The van der Waals surface area contributed by atoms with E-state index in [1.807, 2.05) is 0 Å². The minimum atomic E-state index is -0.398. The van der Waals surface area contributed by atoms with Crippen LogP contribution in [0.2, 0.25) is 0 Å². The van der Waals surface area contributed by atoms with Gasteiger partial charge < -0.3 is 23.9 Å². The van der Waals surface area contributed by atoms with E-state index < -0.39 is 5.91 Å². The molecule has 0 unspecified atom stereocenters. The summed E-state index contributed by atoms with van der Waals surface area (Å²) in [5.74, 6) is 0.483. The van der Waals surface area contributed by atoms with Crippen LogP contribution in [0.15, 0.2) is 70.0 Å². The van der Waals surface area contributed by atoms with Gasteiger partial charge in [-0.15, -0.1) is 0 Å². The maximum absolute atomic E-state index is 12.8. The van der Waals surface area contributed by atoms with E-state index in [0.717, 1.165) is 0 Å². The lowest BCUT2D eigenvalue weighted by molar-refractivity contribution is -0.116. The molecule has 0 saturated carbocycles. The van der Waals surface area contributed by atoms with Gasteiger partial charge >= 0.3 is 0 Å². The Balaban J connectivity index is 1.64. The lowest BCUT2D eigenvalue weighted by atomic mass is 10.3. The quantitative estimate of drug-likeness (QED) is 0.617. The first-order chi connectivity index (χ1) is 14.5. The fourth-order valence-electron chi connectivity index (χ4n) is 2.89. The molecule has 2 aromatic heterocycles. The van der Waals surface area contributed by atoms with E-state index in [4.69, 9.17) is 9.15 Å². The number of rotatable bonds is 8. The number of likely N-dealkylation sites (N-methyl/N-ethyl adjacent to an activating group) is 1. The van der Waals surface area contributed by atoms with Crippen molar-refractivity contribution < 1.29 is 18.7 Å². The average Bonchev–Trinajstić information content (AvgIpc) is 3.22. The molecule has 1 N–H and O–H groups in total. The Morgan fingerprint density at radius 3 is 2.70 bits per heavy atom. The molecule has 2 amide bonds. The summed E-state index contributed by atoms with van der Waals surface area (Å²) in [6, 6.07) is 15.0. The SMILES string of the molecule is CCN(CC(=O)Nc1cccc(OC)c1)C(=O)c1ccc(Cn2ccccc2=O)o1. The highest BCUT2D eigenvalue weighted by molar-refractivity contribution is 5.98. The third-order valence-electron chi connectivity index (χ3n) is 4.45. The van der Waals surface area contributed by atoms with Crippen molar-refractivity contribution in [2.45, 2.75) is 13.5 Å². The number of carbonyl (C=O) groups is 2. The van der Waals surface area contributed by atoms with Crippen LogP contribution in [0.1, 0.15) is 23.2 Å². The van der Waals surface area contributed by atoms with Crippen LogP contribution in [0.5, 0.6) is 5.75 Å². The molecule has 0 aliphatic rings. The molecule has 0 radical (unpaired) electrons. The number of amides is 2. The van der Waals surface area contributed by atoms with Gasteiger partial charge in [0.15, 0.2) is 5.76 Å². The van der Waals surface area contributed by atoms with Crippen LogP contribution >= 0.6 is 0 Å². The Labute approximate surface area is 173 Å². The first kappa shape index (κ1) is 20.9. The second-order valence-corrected chi connectivity index (χ2v) is 6.53. The Kier molecular flexibility index (Phi) is 6.69. The first-order valence-corrected chi connectivity index (χ1v) is 9.47. The van der Waals surface area contributed by atoms with Crippen molar-refractivity contribution in [2.24, 2.45) is 0 Å². The number of anilines is 1. The summed E-state index contributed by atoms with van der Waals surface area (Å²) in [6.07, 6.45) is 1.65. The Bertz CT molecular complexity index is 1090. The van der Waals surface area contributed by atoms with Gasteiger partial charge in [-0.1, -0.05) is 12.1 Å². The minimum Gasteiger partial charge on any atom is -0.497 e. The highest BCUT2D eigenvalue weighted by Gasteiger charge is 2.21. The van der Waals surface area contributed by atoms with Crippen molar-refractivity contribution in [2.75, 3.05) is 25.5 Å². The molecule has 0 aliphatic carbocycles. The van der Waals surface area contributed by atoms with Crippen LogP contribution in [0, 0.1) is 0 Å². The summed E-state index contributed by atoms with van der Waals surface area (Å²) in [5, 5.41) is 2.75. The van der Waals surface area contributed by atoms with Crippen molar-refractivity contribution >= 4 is 17.5 Å². The van der Waals surface area contributed by atoms with E-state index in [1.165, 1.54) is 15.5 Å². The maximum atomic E-state index is 12.8. The van der Waals surface area contributed by atoms with Gasteiger partial charge in [-0.05, 0) is 37.3 Å². The van der Waals surface area contributed by atoms with Gasteiger partial charge in [-0.2, -0.15) is 0 Å². The summed E-state index contributed by atoms with van der Waals surface area (Å²) in [4.78, 5) is 38.4. The zero-order valence-electron chi connectivity index (χ0n) is 16.8. The van der Waals surface area contributed by atoms with Gasteiger partial charge in [0.1, 0.15) is 18.1 Å². The molecule has 0 bridgehead atoms. The normalized spacial score (nSPS) is 10.5. The number of pyridine rings is 1. The van der Waals surface area contributed by atoms with Crippen molar-refractivity contribution in [3.63, 3.8) is 0 Å². The Hall–Kier alpha value is -3.81. The smallest absolute Gasteiger partial charge is 0.290 e. The lowest BCUT2D eigenvalue weighted by Crippen LogP contribution is -2.37. The van der Waals surface area contributed by atoms with Crippen LogP contribution in [0.25, 0.3) is 0 Å². The minimum absolute atomic E-state index is 0.116. The van der Waals surface area contributed by atoms with Crippen LogP contribution in [-0.2, 0) is 11.3 Å². The van der Waals surface area contributed by atoms with Crippen LogP contribution < -0.4 is 15.6 Å². The number of nitrogens with one attached hydrogen (secondary N) is 1. The second kappa shape index (κ2) is 9.60. The zero-order valence-corrected chi connectivity index (χ0v) is 16.8. The van der Waals surface area contributed by atoms with Gasteiger partial charge in [0.05, 0.1) is 13.7 Å². The fourth-order valence-corrected chi connectivity index (χ4v) is 2.89. The predicted molar refractivity (Wildman–Crippen MR) is 112 cm³/mol. The number of methoxy groups -OCH3 is 1. The summed E-state index contributed by atoms with van der Waals surface area (Å²) < 4.78 is 12.2. The maximum Gasteiger partial charge on any atom is 0.290 e. The number of aromatic nitrogens is 1. The standard InChI is InChI=1S/C22H23N3O5/c1-3-24(15-20(26)23-16-7-6-8-17(13-16)29-2)22(28)19-11-10-18(30-19)14-25-12-5-4-9-21(25)27/h4-13H,3,14-15H2,1-2H3,(H,23,26). The Morgan fingerprint density at radius 2 is 1.97 bits per heavy atom. The molecule has 1 aromatic carbocycles. The van der Waals surface area contributed by atoms with E-state index in [1.54, 1.807) is 68.8 Å². The molecule has 30 heavy (non-hydrogen) atoms. The van der Waals surface area contributed by atoms with Crippen LogP contribution in [0.3, 0.4) is 0 Å². The molecule has 8 nitrogen and oxygen atoms in total. The number of benzene rings is 1. The molecule has 8 heteroatoms. The predicted octanol–water partition coefficient (Wildman–Crippen LogP) is 2.60. The average molecular weight is 409 g/mol. The molecule has 0 atom stereocenters. The summed E-state index contributed by atoms with van der Waals surface area (Å²) >= 11 is 0. The number of hydrogen-bond donors (Lipinski definition) is 1. The van der Waals surface area contributed by atoms with Gasteiger partial charge in [-0.3, -0.25) is 14.4 Å². The fraction of sp³-hybridized carbons (Fsp3) is 0.227.